The third-order valence-electron chi connectivity index (χ3n) is 4.78. The van der Waals surface area contributed by atoms with Crippen LogP contribution in [0.25, 0.3) is 0 Å². The first-order chi connectivity index (χ1) is 12.8. The van der Waals surface area contributed by atoms with Gasteiger partial charge in [-0.3, -0.25) is 4.79 Å². The molecule has 0 radical (unpaired) electrons. The predicted octanol–water partition coefficient (Wildman–Crippen LogP) is 3.87. The van der Waals surface area contributed by atoms with Crippen LogP contribution in [-0.2, 0) is 11.3 Å². The van der Waals surface area contributed by atoms with Gasteiger partial charge >= 0.3 is 0 Å². The molecule has 0 bridgehead atoms. The third kappa shape index (κ3) is 7.60. The summed E-state index contributed by atoms with van der Waals surface area (Å²) in [6, 6.07) is 5.48. The maximum absolute atomic E-state index is 12.1. The molecule has 1 atom stereocenters. The van der Waals surface area contributed by atoms with Gasteiger partial charge in [0.2, 0.25) is 0 Å². The van der Waals surface area contributed by atoms with Crippen LogP contribution in [0.3, 0.4) is 0 Å². The molecule has 0 heterocycles. The first kappa shape index (κ1) is 21.9. The molecule has 1 aliphatic rings. The third-order valence-corrected chi connectivity index (χ3v) is 4.78. The van der Waals surface area contributed by atoms with Crippen LogP contribution in [0, 0.1) is 0 Å². The van der Waals surface area contributed by atoms with Gasteiger partial charge in [0, 0.05) is 29.6 Å². The first-order valence-corrected chi connectivity index (χ1v) is 10.1. The number of aliphatic hydroxyl groups excluding tert-OH is 1. The molecule has 0 spiro atoms. The van der Waals surface area contributed by atoms with E-state index in [0.29, 0.717) is 37.0 Å². The Balaban J connectivity index is 2.00. The summed E-state index contributed by atoms with van der Waals surface area (Å²) in [5.41, 5.74) is 1.51. The lowest BCUT2D eigenvalue weighted by Gasteiger charge is -2.23. The van der Waals surface area contributed by atoms with Gasteiger partial charge in [-0.2, -0.15) is 0 Å². The SMILES string of the molecule is CCC(=O)c1ccc(OCC(O)CNC(C)(C)C)c(COC2CCCC2)c1. The summed E-state index contributed by atoms with van der Waals surface area (Å²) < 4.78 is 11.9. The Morgan fingerprint density at radius 3 is 2.63 bits per heavy atom. The van der Waals surface area contributed by atoms with E-state index in [1.807, 2.05) is 19.1 Å². The van der Waals surface area contributed by atoms with Crippen molar-refractivity contribution in [3.63, 3.8) is 0 Å². The molecule has 5 nitrogen and oxygen atoms in total. The topological polar surface area (TPSA) is 67.8 Å². The van der Waals surface area contributed by atoms with Gasteiger partial charge in [0.1, 0.15) is 18.5 Å². The molecular formula is C22H35NO4. The zero-order chi connectivity index (χ0) is 19.9. The molecule has 1 saturated carbocycles. The van der Waals surface area contributed by atoms with Gasteiger partial charge in [0.25, 0.3) is 0 Å². The average molecular weight is 378 g/mol. The van der Waals surface area contributed by atoms with Crippen LogP contribution < -0.4 is 10.1 Å². The van der Waals surface area contributed by atoms with Crippen molar-refractivity contribution in [1.29, 1.82) is 0 Å². The molecule has 1 aromatic rings. The second-order valence-corrected chi connectivity index (χ2v) is 8.41. The number of β-amino-alcohol motifs (C(OH)–C–C–N with tert-alkyl or cyclic N) is 1. The van der Waals surface area contributed by atoms with E-state index >= 15 is 0 Å². The lowest BCUT2D eigenvalue weighted by molar-refractivity contribution is 0.0429. The summed E-state index contributed by atoms with van der Waals surface area (Å²) in [6.07, 6.45) is 4.79. The molecule has 2 N–H and O–H groups in total. The first-order valence-electron chi connectivity index (χ1n) is 10.1. The highest BCUT2D eigenvalue weighted by Crippen LogP contribution is 2.26. The summed E-state index contributed by atoms with van der Waals surface area (Å²) in [5, 5.41) is 13.4. The predicted molar refractivity (Wildman–Crippen MR) is 107 cm³/mol. The normalized spacial score (nSPS) is 16.5. The van der Waals surface area contributed by atoms with Gasteiger partial charge in [-0.1, -0.05) is 19.8 Å². The summed E-state index contributed by atoms with van der Waals surface area (Å²) in [4.78, 5) is 12.1. The number of nitrogens with one attached hydrogen (secondary N) is 1. The Kier molecular flexibility index (Phi) is 8.27. The van der Waals surface area contributed by atoms with Crippen molar-refractivity contribution in [2.75, 3.05) is 13.2 Å². The zero-order valence-electron chi connectivity index (χ0n) is 17.2. The van der Waals surface area contributed by atoms with Crippen molar-refractivity contribution < 1.29 is 19.4 Å². The van der Waals surface area contributed by atoms with E-state index in [1.165, 1.54) is 12.8 Å². The Labute approximate surface area is 163 Å². The van der Waals surface area contributed by atoms with E-state index in [9.17, 15) is 9.90 Å². The van der Waals surface area contributed by atoms with E-state index in [2.05, 4.69) is 26.1 Å². The smallest absolute Gasteiger partial charge is 0.162 e. The molecular weight excluding hydrogens is 342 g/mol. The second kappa shape index (κ2) is 10.2. The minimum Gasteiger partial charge on any atom is -0.490 e. The average Bonchev–Trinajstić information content (AvgIpc) is 3.15. The Hall–Kier alpha value is -1.43. The van der Waals surface area contributed by atoms with Crippen molar-refractivity contribution >= 4 is 5.78 Å². The van der Waals surface area contributed by atoms with Gasteiger partial charge in [-0.05, 0) is 51.8 Å². The molecule has 2 rings (SSSR count). The molecule has 1 unspecified atom stereocenters. The molecule has 1 aromatic carbocycles. The molecule has 0 saturated heterocycles. The lowest BCUT2D eigenvalue weighted by Crippen LogP contribution is -2.42. The number of aliphatic hydroxyl groups is 1. The van der Waals surface area contributed by atoms with E-state index in [1.54, 1.807) is 6.07 Å². The minimum atomic E-state index is -0.607. The Morgan fingerprint density at radius 1 is 1.30 bits per heavy atom. The van der Waals surface area contributed by atoms with Gasteiger partial charge < -0.3 is 19.9 Å². The number of rotatable bonds is 10. The highest BCUT2D eigenvalue weighted by Gasteiger charge is 2.18. The second-order valence-electron chi connectivity index (χ2n) is 8.41. The van der Waals surface area contributed by atoms with Crippen molar-refractivity contribution in [1.82, 2.24) is 5.32 Å². The van der Waals surface area contributed by atoms with Crippen molar-refractivity contribution in [2.24, 2.45) is 0 Å². The number of benzene rings is 1. The van der Waals surface area contributed by atoms with E-state index < -0.39 is 6.10 Å². The number of ether oxygens (including phenoxy) is 2. The number of hydrogen-bond acceptors (Lipinski definition) is 5. The van der Waals surface area contributed by atoms with Crippen LogP contribution in [0.1, 0.15) is 75.7 Å². The maximum Gasteiger partial charge on any atom is 0.162 e. The lowest BCUT2D eigenvalue weighted by atomic mass is 10.0. The van der Waals surface area contributed by atoms with Gasteiger partial charge in [-0.25, -0.2) is 0 Å². The summed E-state index contributed by atoms with van der Waals surface area (Å²) in [5.74, 6) is 0.786. The molecule has 0 aromatic heterocycles. The summed E-state index contributed by atoms with van der Waals surface area (Å²) >= 11 is 0. The number of ketones is 1. The van der Waals surface area contributed by atoms with Crippen molar-refractivity contribution in [3.8, 4) is 5.75 Å². The molecule has 0 amide bonds. The van der Waals surface area contributed by atoms with Crippen LogP contribution in [0.15, 0.2) is 18.2 Å². The number of Topliss-reactive ketones (excluding diaryl/α,β-unsaturated/α-hetero) is 1. The van der Waals surface area contributed by atoms with Crippen LogP contribution in [0.5, 0.6) is 5.75 Å². The van der Waals surface area contributed by atoms with Crippen LogP contribution >= 0.6 is 0 Å². The fourth-order valence-electron chi connectivity index (χ4n) is 3.14. The quantitative estimate of drug-likeness (QED) is 0.606. The highest BCUT2D eigenvalue weighted by molar-refractivity contribution is 5.96. The maximum atomic E-state index is 12.1. The Bertz CT molecular complexity index is 603. The molecule has 5 heteroatoms. The standard InChI is InChI=1S/C22H35NO4/c1-5-20(25)16-10-11-21(27-15-18(24)13-23-22(2,3)4)17(12-16)14-26-19-8-6-7-9-19/h10-12,18-19,23-24H,5-9,13-15H2,1-4H3. The molecule has 1 fully saturated rings. The Morgan fingerprint density at radius 2 is 2.00 bits per heavy atom. The van der Waals surface area contributed by atoms with E-state index in [0.717, 1.165) is 18.4 Å². The van der Waals surface area contributed by atoms with E-state index in [-0.39, 0.29) is 17.9 Å². The molecule has 0 aliphatic heterocycles. The highest BCUT2D eigenvalue weighted by atomic mass is 16.5. The van der Waals surface area contributed by atoms with Crippen LogP contribution in [0.4, 0.5) is 0 Å². The fourth-order valence-corrected chi connectivity index (χ4v) is 3.14. The van der Waals surface area contributed by atoms with E-state index in [4.69, 9.17) is 9.47 Å². The molecule has 152 valence electrons. The van der Waals surface area contributed by atoms with Crippen LogP contribution in [-0.4, -0.2) is 41.8 Å². The van der Waals surface area contributed by atoms with Crippen molar-refractivity contribution in [3.05, 3.63) is 29.3 Å². The fraction of sp³-hybridized carbons (Fsp3) is 0.682. The van der Waals surface area contributed by atoms with Crippen LogP contribution in [0.2, 0.25) is 0 Å². The molecule has 1 aliphatic carbocycles. The largest absolute Gasteiger partial charge is 0.490 e. The zero-order valence-corrected chi connectivity index (χ0v) is 17.2. The van der Waals surface area contributed by atoms with Crippen molar-refractivity contribution in [2.45, 2.75) is 84.2 Å². The monoisotopic (exact) mass is 377 g/mol. The number of hydrogen-bond donors (Lipinski definition) is 2. The summed E-state index contributed by atoms with van der Waals surface area (Å²) in [7, 11) is 0. The number of carbonyl (C=O) groups excluding carboxylic acids is 1. The van der Waals surface area contributed by atoms with Gasteiger partial charge in [0.15, 0.2) is 5.78 Å². The molecule has 27 heavy (non-hydrogen) atoms. The van der Waals surface area contributed by atoms with Gasteiger partial charge in [-0.15, -0.1) is 0 Å². The van der Waals surface area contributed by atoms with Gasteiger partial charge in [0.05, 0.1) is 12.7 Å². The minimum absolute atomic E-state index is 0.0522. The summed E-state index contributed by atoms with van der Waals surface area (Å²) in [6.45, 7) is 9.12. The number of carbonyl (C=O) groups is 1.